The molecule has 0 fully saturated rings. The summed E-state index contributed by atoms with van der Waals surface area (Å²) in [6.45, 7) is 4.18. The zero-order valence-corrected chi connectivity index (χ0v) is 12.9. The molecule has 0 radical (unpaired) electrons. The van der Waals surface area contributed by atoms with Crippen molar-refractivity contribution >= 4 is 25.7 Å². The Bertz CT molecular complexity index is 538. The molecule has 20 heavy (non-hydrogen) atoms. The minimum atomic E-state index is -3.73. The number of hydrogen-bond acceptors (Lipinski definition) is 5. The molecule has 0 amide bonds. The molecule has 0 spiro atoms. The van der Waals surface area contributed by atoms with Gasteiger partial charge in [0, 0.05) is 23.7 Å². The molecule has 112 valence electrons. The van der Waals surface area contributed by atoms with Crippen molar-refractivity contribution in [3.63, 3.8) is 0 Å². The largest absolute Gasteiger partial charge is 0.464 e. The highest BCUT2D eigenvalue weighted by atomic mass is 35.7. The highest BCUT2D eigenvalue weighted by molar-refractivity contribution is 8.13. The molecule has 1 unspecified atom stereocenters. The number of esters is 1. The molecule has 0 saturated heterocycles. The third-order valence-electron chi connectivity index (χ3n) is 2.54. The molecule has 1 aromatic rings. The van der Waals surface area contributed by atoms with Crippen LogP contribution < -0.4 is 0 Å². The van der Waals surface area contributed by atoms with Crippen molar-refractivity contribution < 1.29 is 22.7 Å². The van der Waals surface area contributed by atoms with Crippen LogP contribution in [0.1, 0.15) is 19.4 Å². The van der Waals surface area contributed by atoms with E-state index in [2.05, 4.69) is 0 Å². The second kappa shape index (κ2) is 7.61. The maximum absolute atomic E-state index is 11.7. The van der Waals surface area contributed by atoms with Crippen molar-refractivity contribution in [2.75, 3.05) is 13.2 Å². The Morgan fingerprint density at radius 3 is 2.25 bits per heavy atom. The van der Waals surface area contributed by atoms with Crippen LogP contribution in [0.5, 0.6) is 0 Å². The highest BCUT2D eigenvalue weighted by Crippen LogP contribution is 2.16. The fourth-order valence-corrected chi connectivity index (χ4v) is 2.42. The fraction of sp³-hybridized carbons (Fsp3) is 0.462. The van der Waals surface area contributed by atoms with E-state index >= 15 is 0 Å². The quantitative estimate of drug-likeness (QED) is 0.568. The van der Waals surface area contributed by atoms with Gasteiger partial charge >= 0.3 is 5.97 Å². The van der Waals surface area contributed by atoms with Gasteiger partial charge < -0.3 is 9.47 Å². The molecule has 0 aliphatic heterocycles. The smallest absolute Gasteiger partial charge is 0.335 e. The van der Waals surface area contributed by atoms with Crippen molar-refractivity contribution in [1.29, 1.82) is 0 Å². The molecule has 1 aromatic carbocycles. The molecule has 0 aliphatic rings. The number of carbonyl (C=O) groups excluding carboxylic acids is 1. The van der Waals surface area contributed by atoms with Crippen molar-refractivity contribution in [3.8, 4) is 0 Å². The maximum Gasteiger partial charge on any atom is 0.335 e. The first kappa shape index (κ1) is 16.9. The summed E-state index contributed by atoms with van der Waals surface area (Å²) in [5.41, 5.74) is 0.764. The predicted molar refractivity (Wildman–Crippen MR) is 75.2 cm³/mol. The van der Waals surface area contributed by atoms with E-state index in [1.165, 1.54) is 12.1 Å². The maximum atomic E-state index is 11.7. The summed E-state index contributed by atoms with van der Waals surface area (Å²) in [5, 5.41) is 0. The van der Waals surface area contributed by atoms with Gasteiger partial charge in [0.2, 0.25) is 0 Å². The van der Waals surface area contributed by atoms with E-state index < -0.39 is 21.1 Å². The van der Waals surface area contributed by atoms with Crippen LogP contribution in [-0.2, 0) is 29.7 Å². The number of ether oxygens (including phenoxy) is 2. The normalized spacial score (nSPS) is 12.9. The minimum Gasteiger partial charge on any atom is -0.464 e. The molecule has 1 rings (SSSR count). The Morgan fingerprint density at radius 1 is 1.20 bits per heavy atom. The molecule has 0 aromatic heterocycles. The van der Waals surface area contributed by atoms with E-state index in [4.69, 9.17) is 20.2 Å². The zero-order valence-electron chi connectivity index (χ0n) is 11.3. The lowest BCUT2D eigenvalue weighted by molar-refractivity contribution is -0.156. The van der Waals surface area contributed by atoms with Gasteiger partial charge in [0.1, 0.15) is 0 Å². The van der Waals surface area contributed by atoms with Gasteiger partial charge in [0.25, 0.3) is 9.05 Å². The third kappa shape index (κ3) is 5.11. The van der Waals surface area contributed by atoms with E-state index in [0.717, 1.165) is 5.56 Å². The number of hydrogen-bond donors (Lipinski definition) is 0. The third-order valence-corrected chi connectivity index (χ3v) is 3.91. The Labute approximate surface area is 123 Å². The van der Waals surface area contributed by atoms with Gasteiger partial charge in [-0.1, -0.05) is 12.1 Å². The lowest BCUT2D eigenvalue weighted by Crippen LogP contribution is -2.29. The second-order valence-electron chi connectivity index (χ2n) is 3.98. The average molecular weight is 321 g/mol. The van der Waals surface area contributed by atoms with Crippen LogP contribution in [0.2, 0.25) is 0 Å². The summed E-state index contributed by atoms with van der Waals surface area (Å²) >= 11 is 0. The van der Waals surface area contributed by atoms with E-state index in [-0.39, 0.29) is 11.5 Å². The Morgan fingerprint density at radius 2 is 1.80 bits per heavy atom. The van der Waals surface area contributed by atoms with Gasteiger partial charge in [-0.25, -0.2) is 13.2 Å². The summed E-state index contributed by atoms with van der Waals surface area (Å²) in [6.07, 6.45) is -0.381. The monoisotopic (exact) mass is 320 g/mol. The first-order valence-electron chi connectivity index (χ1n) is 6.20. The fourth-order valence-electron chi connectivity index (χ4n) is 1.65. The van der Waals surface area contributed by atoms with Crippen LogP contribution in [0.4, 0.5) is 0 Å². The van der Waals surface area contributed by atoms with E-state index in [9.17, 15) is 13.2 Å². The van der Waals surface area contributed by atoms with Crippen LogP contribution >= 0.6 is 10.7 Å². The molecular weight excluding hydrogens is 304 g/mol. The van der Waals surface area contributed by atoms with Crippen LogP contribution in [-0.4, -0.2) is 33.7 Å². The first-order chi connectivity index (χ1) is 9.38. The van der Waals surface area contributed by atoms with Crippen LogP contribution in [0, 0.1) is 0 Å². The molecular formula is C13H17ClO5S. The number of benzene rings is 1. The van der Waals surface area contributed by atoms with Gasteiger partial charge in [0.15, 0.2) is 6.10 Å². The lowest BCUT2D eigenvalue weighted by Gasteiger charge is -2.15. The van der Waals surface area contributed by atoms with Gasteiger partial charge in [-0.05, 0) is 31.5 Å². The van der Waals surface area contributed by atoms with Crippen LogP contribution in [0.15, 0.2) is 29.2 Å². The number of carbonyl (C=O) groups is 1. The Balaban J connectivity index is 2.81. The van der Waals surface area contributed by atoms with Crippen molar-refractivity contribution in [1.82, 2.24) is 0 Å². The first-order valence-corrected chi connectivity index (χ1v) is 8.51. The summed E-state index contributed by atoms with van der Waals surface area (Å²) in [5.74, 6) is -0.427. The Kier molecular flexibility index (Phi) is 6.45. The number of halogens is 1. The van der Waals surface area contributed by atoms with Crippen LogP contribution in [0.25, 0.3) is 0 Å². The summed E-state index contributed by atoms with van der Waals surface area (Å²) in [4.78, 5) is 11.7. The van der Waals surface area contributed by atoms with Crippen molar-refractivity contribution in [2.24, 2.45) is 0 Å². The van der Waals surface area contributed by atoms with E-state index in [0.29, 0.717) is 13.0 Å². The molecule has 7 heteroatoms. The predicted octanol–water partition coefficient (Wildman–Crippen LogP) is 2.12. The van der Waals surface area contributed by atoms with Crippen LogP contribution in [0.3, 0.4) is 0 Å². The second-order valence-corrected chi connectivity index (χ2v) is 6.55. The van der Waals surface area contributed by atoms with E-state index in [1.807, 2.05) is 0 Å². The molecule has 5 nitrogen and oxygen atoms in total. The Hall–Kier alpha value is -1.11. The van der Waals surface area contributed by atoms with Crippen molar-refractivity contribution in [3.05, 3.63) is 29.8 Å². The molecule has 0 heterocycles. The molecule has 1 atom stereocenters. The molecule has 0 saturated carbocycles. The van der Waals surface area contributed by atoms with Gasteiger partial charge in [-0.2, -0.15) is 0 Å². The van der Waals surface area contributed by atoms with Gasteiger partial charge in [-0.15, -0.1) is 0 Å². The summed E-state index contributed by atoms with van der Waals surface area (Å²) in [6, 6.07) is 5.98. The van der Waals surface area contributed by atoms with Gasteiger partial charge in [0.05, 0.1) is 11.5 Å². The molecule has 0 bridgehead atoms. The van der Waals surface area contributed by atoms with E-state index in [1.54, 1.807) is 26.0 Å². The standard InChI is InChI=1S/C13H17ClO5S/c1-3-18-12(13(15)19-4-2)9-10-5-7-11(8-6-10)20(14,16)17/h5-8,12H,3-4,9H2,1-2H3. The molecule has 0 aliphatic carbocycles. The summed E-state index contributed by atoms with van der Waals surface area (Å²) < 4.78 is 32.5. The summed E-state index contributed by atoms with van der Waals surface area (Å²) in [7, 11) is 1.50. The average Bonchev–Trinajstić information content (AvgIpc) is 2.38. The van der Waals surface area contributed by atoms with Crippen molar-refractivity contribution in [2.45, 2.75) is 31.3 Å². The molecule has 0 N–H and O–H groups in total. The topological polar surface area (TPSA) is 69.7 Å². The minimum absolute atomic E-state index is 0.0204. The van der Waals surface area contributed by atoms with Gasteiger partial charge in [-0.3, -0.25) is 0 Å². The zero-order chi connectivity index (χ0) is 15.2. The highest BCUT2D eigenvalue weighted by Gasteiger charge is 2.20. The SMILES string of the molecule is CCOC(=O)C(Cc1ccc(S(=O)(=O)Cl)cc1)OCC. The lowest BCUT2D eigenvalue weighted by atomic mass is 10.1. The number of rotatable bonds is 7.